The topological polar surface area (TPSA) is 38.7 Å². The zero-order valence-electron chi connectivity index (χ0n) is 10.5. The predicted molar refractivity (Wildman–Crippen MR) is 63.3 cm³/mol. The quantitative estimate of drug-likeness (QED) is 0.760. The van der Waals surface area contributed by atoms with E-state index in [1.165, 1.54) is 0 Å². The van der Waals surface area contributed by atoms with Crippen LogP contribution in [-0.4, -0.2) is 32.4 Å². The molecule has 0 aromatic carbocycles. The molecule has 1 aliphatic heterocycles. The molecule has 1 aliphatic rings. The zero-order valence-corrected chi connectivity index (χ0v) is 11.5. The van der Waals surface area contributed by atoms with Crippen LogP contribution in [0.5, 0.6) is 0 Å². The van der Waals surface area contributed by atoms with E-state index in [0.717, 1.165) is 12.8 Å². The van der Waals surface area contributed by atoms with Gasteiger partial charge in [0.05, 0.1) is 12.7 Å². The Morgan fingerprint density at radius 1 is 1.33 bits per heavy atom. The van der Waals surface area contributed by atoms with Crippen LogP contribution in [0, 0.1) is 0 Å². The number of aliphatic hydroxyl groups is 1. The molecule has 3 nitrogen and oxygen atoms in total. The highest BCUT2D eigenvalue weighted by Gasteiger charge is 2.41. The second kappa shape index (κ2) is 4.53. The average Bonchev–Trinajstić information content (AvgIpc) is 2.49. The van der Waals surface area contributed by atoms with Crippen molar-refractivity contribution in [2.45, 2.75) is 64.1 Å². The van der Waals surface area contributed by atoms with Crippen molar-refractivity contribution >= 4 is 8.32 Å². The smallest absolute Gasteiger partial charge is 0.195 e. The van der Waals surface area contributed by atoms with E-state index < -0.39 is 8.32 Å². The summed E-state index contributed by atoms with van der Waals surface area (Å²) in [6.45, 7) is 11.2. The van der Waals surface area contributed by atoms with E-state index in [2.05, 4.69) is 33.9 Å². The van der Waals surface area contributed by atoms with Gasteiger partial charge in [-0.05, 0) is 31.0 Å². The first-order chi connectivity index (χ1) is 6.76. The normalized spacial score (nSPS) is 28.4. The average molecular weight is 232 g/mol. The fourth-order valence-electron chi connectivity index (χ4n) is 1.40. The van der Waals surface area contributed by atoms with E-state index in [1.54, 1.807) is 0 Å². The lowest BCUT2D eigenvalue weighted by Crippen LogP contribution is -2.44. The van der Waals surface area contributed by atoms with Crippen molar-refractivity contribution in [1.29, 1.82) is 0 Å². The summed E-state index contributed by atoms with van der Waals surface area (Å²) in [5.74, 6) is 0. The fourth-order valence-corrected chi connectivity index (χ4v) is 2.58. The maximum absolute atomic E-state index is 8.97. The molecule has 15 heavy (non-hydrogen) atoms. The van der Waals surface area contributed by atoms with E-state index >= 15 is 0 Å². The van der Waals surface area contributed by atoms with Crippen LogP contribution in [0.4, 0.5) is 0 Å². The molecule has 1 heterocycles. The Balaban J connectivity index is 2.49. The molecule has 2 unspecified atom stereocenters. The highest BCUT2D eigenvalue weighted by Crippen LogP contribution is 2.38. The summed E-state index contributed by atoms with van der Waals surface area (Å²) >= 11 is 0. The van der Waals surface area contributed by atoms with Crippen LogP contribution in [0.1, 0.15) is 33.6 Å². The van der Waals surface area contributed by atoms with Crippen LogP contribution < -0.4 is 0 Å². The number of aliphatic hydroxyl groups excluding tert-OH is 1. The molecule has 0 aromatic heterocycles. The largest absolute Gasteiger partial charge is 0.394 e. The van der Waals surface area contributed by atoms with Crippen LogP contribution in [0.15, 0.2) is 0 Å². The van der Waals surface area contributed by atoms with Gasteiger partial charge in [0.15, 0.2) is 8.32 Å². The second-order valence-electron chi connectivity index (χ2n) is 5.83. The first kappa shape index (κ1) is 13.2. The van der Waals surface area contributed by atoms with Gasteiger partial charge in [-0.15, -0.1) is 0 Å². The summed E-state index contributed by atoms with van der Waals surface area (Å²) in [7, 11) is -1.72. The lowest BCUT2D eigenvalue weighted by molar-refractivity contribution is -0.0920. The Bertz CT molecular complexity index is 210. The van der Waals surface area contributed by atoms with E-state index in [0.29, 0.717) is 0 Å². The molecule has 2 atom stereocenters. The molecule has 0 saturated carbocycles. The van der Waals surface area contributed by atoms with Crippen molar-refractivity contribution in [1.82, 2.24) is 0 Å². The maximum atomic E-state index is 8.97. The third kappa shape index (κ3) is 3.28. The van der Waals surface area contributed by atoms with Gasteiger partial charge in [0.2, 0.25) is 0 Å². The maximum Gasteiger partial charge on any atom is 0.195 e. The lowest BCUT2D eigenvalue weighted by atomic mass is 10.2. The molecule has 0 bridgehead atoms. The fraction of sp³-hybridized carbons (Fsp3) is 1.00. The summed E-state index contributed by atoms with van der Waals surface area (Å²) in [6, 6.07) is 0. The second-order valence-corrected chi connectivity index (χ2v) is 10.6. The Labute approximate surface area is 93.9 Å². The first-order valence-electron chi connectivity index (χ1n) is 5.70. The van der Waals surface area contributed by atoms with Gasteiger partial charge in [0.25, 0.3) is 0 Å². The minimum atomic E-state index is -1.72. The molecular formula is C11H24O3Si. The Morgan fingerprint density at radius 2 is 1.93 bits per heavy atom. The molecule has 4 heteroatoms. The van der Waals surface area contributed by atoms with Crippen molar-refractivity contribution in [3.63, 3.8) is 0 Å². The van der Waals surface area contributed by atoms with E-state index in [-0.39, 0.29) is 24.0 Å². The van der Waals surface area contributed by atoms with Crippen LogP contribution >= 0.6 is 0 Å². The zero-order chi connectivity index (χ0) is 11.7. The predicted octanol–water partition coefficient (Wildman–Crippen LogP) is 2.51. The van der Waals surface area contributed by atoms with E-state index in [9.17, 15) is 0 Å². The number of hydrogen-bond acceptors (Lipinski definition) is 3. The van der Waals surface area contributed by atoms with Gasteiger partial charge in [0, 0.05) is 0 Å². The van der Waals surface area contributed by atoms with Gasteiger partial charge in [-0.1, -0.05) is 20.8 Å². The molecule has 0 radical (unpaired) electrons. The molecule has 0 spiro atoms. The minimum Gasteiger partial charge on any atom is -0.394 e. The van der Waals surface area contributed by atoms with Crippen molar-refractivity contribution < 1.29 is 14.3 Å². The van der Waals surface area contributed by atoms with E-state index in [4.69, 9.17) is 14.3 Å². The van der Waals surface area contributed by atoms with E-state index in [1.807, 2.05) is 0 Å². The summed E-state index contributed by atoms with van der Waals surface area (Å²) in [6.07, 6.45) is 1.72. The molecule has 1 saturated heterocycles. The van der Waals surface area contributed by atoms with Crippen molar-refractivity contribution in [3.8, 4) is 0 Å². The third-order valence-corrected chi connectivity index (χ3v) is 7.97. The lowest BCUT2D eigenvalue weighted by Gasteiger charge is -2.38. The minimum absolute atomic E-state index is 0.0141. The van der Waals surface area contributed by atoms with Gasteiger partial charge in [-0.3, -0.25) is 0 Å². The Morgan fingerprint density at radius 3 is 2.33 bits per heavy atom. The van der Waals surface area contributed by atoms with Crippen molar-refractivity contribution in [3.05, 3.63) is 0 Å². The Kier molecular flexibility index (Phi) is 3.98. The SMILES string of the molecule is CC(C)(C)[Si](C)(C)OC1CCC(CO)O1. The monoisotopic (exact) mass is 232 g/mol. The highest BCUT2D eigenvalue weighted by molar-refractivity contribution is 6.74. The number of hydrogen-bond donors (Lipinski definition) is 1. The van der Waals surface area contributed by atoms with Gasteiger partial charge >= 0.3 is 0 Å². The number of rotatable bonds is 3. The summed E-state index contributed by atoms with van der Waals surface area (Å²) in [4.78, 5) is 0. The Hall–Kier alpha value is 0.0969. The van der Waals surface area contributed by atoms with Gasteiger partial charge in [-0.2, -0.15) is 0 Å². The molecule has 0 aromatic rings. The van der Waals surface area contributed by atoms with Crippen LogP contribution in [0.25, 0.3) is 0 Å². The summed E-state index contributed by atoms with van der Waals surface area (Å²) < 4.78 is 11.7. The first-order valence-corrected chi connectivity index (χ1v) is 8.61. The third-order valence-electron chi connectivity index (χ3n) is 3.50. The van der Waals surface area contributed by atoms with Gasteiger partial charge < -0.3 is 14.3 Å². The molecule has 90 valence electrons. The summed E-state index contributed by atoms with van der Waals surface area (Å²) in [5.41, 5.74) is 0. The van der Waals surface area contributed by atoms with Crippen molar-refractivity contribution in [2.24, 2.45) is 0 Å². The molecule has 0 amide bonds. The van der Waals surface area contributed by atoms with Gasteiger partial charge in [0.1, 0.15) is 6.29 Å². The molecule has 1 N–H and O–H groups in total. The molecule has 1 rings (SSSR count). The molecular weight excluding hydrogens is 208 g/mol. The highest BCUT2D eigenvalue weighted by atomic mass is 28.4. The standard InChI is InChI=1S/C11H24O3Si/c1-11(2,3)15(4,5)14-10-7-6-9(8-12)13-10/h9-10,12H,6-8H2,1-5H3. The molecule has 1 fully saturated rings. The van der Waals surface area contributed by atoms with Crippen LogP contribution in [0.3, 0.4) is 0 Å². The van der Waals surface area contributed by atoms with Gasteiger partial charge in [-0.25, -0.2) is 0 Å². The van der Waals surface area contributed by atoms with Crippen LogP contribution in [0.2, 0.25) is 18.1 Å². The van der Waals surface area contributed by atoms with Crippen LogP contribution in [-0.2, 0) is 9.16 Å². The number of ether oxygens (including phenoxy) is 1. The summed E-state index contributed by atoms with van der Waals surface area (Å²) in [5, 5.41) is 9.19. The molecule has 0 aliphatic carbocycles. The van der Waals surface area contributed by atoms with Crippen molar-refractivity contribution in [2.75, 3.05) is 6.61 Å².